The van der Waals surface area contributed by atoms with E-state index in [-0.39, 0.29) is 12.4 Å². The van der Waals surface area contributed by atoms with Crippen molar-refractivity contribution in [3.05, 3.63) is 11.6 Å². The fraction of sp³-hybridized carbons (Fsp3) is 0.667. The molecule has 0 aromatic rings. The van der Waals surface area contributed by atoms with Crippen LogP contribution in [-0.2, 0) is 47.7 Å². The van der Waals surface area contributed by atoms with E-state index in [2.05, 4.69) is 0 Å². The third-order valence-corrected chi connectivity index (χ3v) is 5.36. The predicted octanol–water partition coefficient (Wildman–Crippen LogP) is 1.45. The van der Waals surface area contributed by atoms with E-state index >= 15 is 0 Å². The Bertz CT molecular complexity index is 782. The number of carbonyl (C=O) groups excluding carboxylic acids is 5. The summed E-state index contributed by atoms with van der Waals surface area (Å²) >= 11 is 0. The standard InChI is InChI=1S/C21H28O10/c1-10-7-8-16-17(9-27-12(3)23)29-20(28-13(4)24)21(30-14(5)25,31-15(6)26)19(16)18(10)11(2)22/h7,16-20H,8-9H2,1-6H3/t16-,17-,18-,19+,20-/m1/s1. The molecule has 0 bridgehead atoms. The van der Waals surface area contributed by atoms with Gasteiger partial charge in [0.1, 0.15) is 12.4 Å². The molecule has 0 N–H and O–H groups in total. The maximum absolute atomic E-state index is 12.7. The highest BCUT2D eigenvalue weighted by molar-refractivity contribution is 5.82. The van der Waals surface area contributed by atoms with Crippen molar-refractivity contribution in [3.8, 4) is 0 Å². The summed E-state index contributed by atoms with van der Waals surface area (Å²) in [7, 11) is 0. The lowest BCUT2D eigenvalue weighted by atomic mass is 9.63. The molecule has 1 fully saturated rings. The van der Waals surface area contributed by atoms with Gasteiger partial charge in [0.15, 0.2) is 0 Å². The summed E-state index contributed by atoms with van der Waals surface area (Å²) in [5, 5.41) is 0. The first-order chi connectivity index (χ1) is 14.4. The molecule has 1 saturated heterocycles. The molecule has 0 radical (unpaired) electrons. The minimum absolute atomic E-state index is 0.192. The van der Waals surface area contributed by atoms with Crippen LogP contribution in [0.3, 0.4) is 0 Å². The Balaban J connectivity index is 2.71. The monoisotopic (exact) mass is 440 g/mol. The molecule has 1 heterocycles. The topological polar surface area (TPSA) is 132 Å². The number of allylic oxidation sites excluding steroid dienone is 2. The van der Waals surface area contributed by atoms with Crippen LogP contribution >= 0.6 is 0 Å². The Morgan fingerprint density at radius 2 is 1.55 bits per heavy atom. The molecule has 0 spiro atoms. The number of Topliss-reactive ketones (excluding diaryl/α,β-unsaturated/α-hetero) is 1. The SMILES string of the molecule is CC(=O)OC[C@H]1O[C@@H](OC(C)=O)C(OC(C)=O)(OC(C)=O)[C@@H]2[C@@H](C(C)=O)C(C)=CC[C@@H]21. The lowest BCUT2D eigenvalue weighted by Gasteiger charge is -2.54. The van der Waals surface area contributed by atoms with Crippen LogP contribution in [0.2, 0.25) is 0 Å². The van der Waals surface area contributed by atoms with E-state index in [1.54, 1.807) is 6.92 Å². The van der Waals surface area contributed by atoms with Gasteiger partial charge in [-0.05, 0) is 20.3 Å². The van der Waals surface area contributed by atoms with E-state index < -0.39 is 59.8 Å². The minimum Gasteiger partial charge on any atom is -0.463 e. The van der Waals surface area contributed by atoms with Crippen molar-refractivity contribution in [2.45, 2.75) is 66.1 Å². The number of ketones is 1. The fourth-order valence-electron chi connectivity index (χ4n) is 4.45. The Labute approximate surface area is 180 Å². The molecule has 5 atom stereocenters. The normalized spacial score (nSPS) is 29.0. The van der Waals surface area contributed by atoms with E-state index in [0.717, 1.165) is 20.8 Å². The Hall–Kier alpha value is -2.75. The van der Waals surface area contributed by atoms with Gasteiger partial charge in [-0.3, -0.25) is 24.0 Å². The number of hydrogen-bond acceptors (Lipinski definition) is 10. The van der Waals surface area contributed by atoms with Crippen molar-refractivity contribution in [1.29, 1.82) is 0 Å². The Morgan fingerprint density at radius 1 is 0.968 bits per heavy atom. The zero-order valence-corrected chi connectivity index (χ0v) is 18.5. The maximum atomic E-state index is 12.7. The molecule has 1 aliphatic carbocycles. The maximum Gasteiger partial charge on any atom is 0.323 e. The molecule has 2 aliphatic rings. The van der Waals surface area contributed by atoms with Gasteiger partial charge in [-0.25, -0.2) is 0 Å². The molecular weight excluding hydrogens is 412 g/mol. The third-order valence-electron chi connectivity index (χ3n) is 5.36. The summed E-state index contributed by atoms with van der Waals surface area (Å²) in [4.78, 5) is 60.0. The van der Waals surface area contributed by atoms with Crippen LogP contribution in [-0.4, -0.2) is 54.4 Å². The zero-order chi connectivity index (χ0) is 23.5. The first-order valence-corrected chi connectivity index (χ1v) is 9.91. The summed E-state index contributed by atoms with van der Waals surface area (Å²) in [6.07, 6.45) is -0.282. The van der Waals surface area contributed by atoms with Crippen molar-refractivity contribution in [1.82, 2.24) is 0 Å². The van der Waals surface area contributed by atoms with Crippen LogP contribution in [0.15, 0.2) is 11.6 Å². The summed E-state index contributed by atoms with van der Waals surface area (Å²) in [6.45, 7) is 7.46. The average Bonchev–Trinajstić information content (AvgIpc) is 2.61. The summed E-state index contributed by atoms with van der Waals surface area (Å²) < 4.78 is 27.3. The molecule has 10 nitrogen and oxygen atoms in total. The Kier molecular flexibility index (Phi) is 7.58. The zero-order valence-electron chi connectivity index (χ0n) is 18.5. The van der Waals surface area contributed by atoms with Gasteiger partial charge in [0.05, 0.1) is 12.0 Å². The molecule has 0 amide bonds. The van der Waals surface area contributed by atoms with E-state index in [9.17, 15) is 24.0 Å². The van der Waals surface area contributed by atoms with Gasteiger partial charge in [-0.15, -0.1) is 0 Å². The van der Waals surface area contributed by atoms with Crippen LogP contribution < -0.4 is 0 Å². The van der Waals surface area contributed by atoms with Gasteiger partial charge >= 0.3 is 29.7 Å². The van der Waals surface area contributed by atoms with Crippen LogP contribution in [0.1, 0.15) is 48.0 Å². The van der Waals surface area contributed by atoms with Gasteiger partial charge in [0.25, 0.3) is 6.29 Å². The molecule has 2 rings (SSSR count). The molecule has 10 heteroatoms. The van der Waals surface area contributed by atoms with Crippen LogP contribution in [0.5, 0.6) is 0 Å². The molecule has 1 aliphatic heterocycles. The molecule has 0 aromatic carbocycles. The third kappa shape index (κ3) is 5.30. The number of fused-ring (bicyclic) bond motifs is 1. The molecule has 0 unspecified atom stereocenters. The second-order valence-corrected chi connectivity index (χ2v) is 7.79. The number of hydrogen-bond donors (Lipinski definition) is 0. The quantitative estimate of drug-likeness (QED) is 0.259. The van der Waals surface area contributed by atoms with Gasteiger partial charge in [-0.2, -0.15) is 0 Å². The van der Waals surface area contributed by atoms with Crippen LogP contribution in [0, 0.1) is 17.8 Å². The number of carbonyl (C=O) groups is 5. The highest BCUT2D eigenvalue weighted by Crippen LogP contribution is 2.52. The van der Waals surface area contributed by atoms with Gasteiger partial charge < -0.3 is 23.7 Å². The molecular formula is C21H28O10. The molecule has 0 saturated carbocycles. The Morgan fingerprint density at radius 3 is 2.00 bits per heavy atom. The smallest absolute Gasteiger partial charge is 0.323 e. The highest BCUT2D eigenvalue weighted by Gasteiger charge is 2.66. The highest BCUT2D eigenvalue weighted by atomic mass is 16.8. The van der Waals surface area contributed by atoms with E-state index in [1.165, 1.54) is 13.8 Å². The second kappa shape index (κ2) is 9.59. The van der Waals surface area contributed by atoms with E-state index in [1.807, 2.05) is 6.08 Å². The largest absolute Gasteiger partial charge is 0.463 e. The van der Waals surface area contributed by atoms with Gasteiger partial charge in [0.2, 0.25) is 0 Å². The van der Waals surface area contributed by atoms with E-state index in [0.29, 0.717) is 12.0 Å². The van der Waals surface area contributed by atoms with Gasteiger partial charge in [0, 0.05) is 39.5 Å². The van der Waals surface area contributed by atoms with Crippen molar-refractivity contribution < 1.29 is 47.7 Å². The average molecular weight is 440 g/mol. The van der Waals surface area contributed by atoms with Crippen molar-refractivity contribution in [3.63, 3.8) is 0 Å². The van der Waals surface area contributed by atoms with Crippen molar-refractivity contribution in [2.75, 3.05) is 6.61 Å². The first kappa shape index (κ1) is 24.5. The fourth-order valence-corrected chi connectivity index (χ4v) is 4.45. The number of rotatable bonds is 6. The van der Waals surface area contributed by atoms with E-state index in [4.69, 9.17) is 23.7 Å². The van der Waals surface area contributed by atoms with Crippen molar-refractivity contribution >= 4 is 29.7 Å². The summed E-state index contributed by atoms with van der Waals surface area (Å²) in [6, 6.07) is 0. The van der Waals surface area contributed by atoms with Gasteiger partial charge in [-0.1, -0.05) is 11.6 Å². The summed E-state index contributed by atoms with van der Waals surface area (Å²) in [5.41, 5.74) is 0.687. The van der Waals surface area contributed by atoms with Crippen LogP contribution in [0.25, 0.3) is 0 Å². The van der Waals surface area contributed by atoms with Crippen LogP contribution in [0.4, 0.5) is 0 Å². The summed E-state index contributed by atoms with van der Waals surface area (Å²) in [5.74, 6) is -7.77. The number of ether oxygens (including phenoxy) is 5. The molecule has 31 heavy (non-hydrogen) atoms. The first-order valence-electron chi connectivity index (χ1n) is 9.91. The predicted molar refractivity (Wildman–Crippen MR) is 103 cm³/mol. The van der Waals surface area contributed by atoms with Crippen molar-refractivity contribution in [2.24, 2.45) is 17.8 Å². The number of esters is 4. The second-order valence-electron chi connectivity index (χ2n) is 7.79. The lowest BCUT2D eigenvalue weighted by Crippen LogP contribution is -2.68. The minimum atomic E-state index is -2.20. The molecule has 0 aromatic heterocycles. The molecule has 172 valence electrons. The lowest BCUT2D eigenvalue weighted by molar-refractivity contribution is -0.386.